The molecule has 0 saturated carbocycles. The zero-order valence-corrected chi connectivity index (χ0v) is 17.5. The molecule has 0 bridgehead atoms. The van der Waals surface area contributed by atoms with E-state index in [-0.39, 0.29) is 18.2 Å². The molecule has 0 radical (unpaired) electrons. The van der Waals surface area contributed by atoms with Crippen LogP contribution in [-0.2, 0) is 4.79 Å². The summed E-state index contributed by atoms with van der Waals surface area (Å²) in [5.74, 6) is 0.825. The fourth-order valence-corrected chi connectivity index (χ4v) is 3.16. The lowest BCUT2D eigenvalue weighted by molar-refractivity contribution is -0.113. The van der Waals surface area contributed by atoms with Crippen LogP contribution in [0.25, 0.3) is 0 Å². The number of ketones is 1. The number of methoxy groups -OCH3 is 1. The van der Waals surface area contributed by atoms with Gasteiger partial charge >= 0.3 is 0 Å². The molecule has 2 rings (SSSR count). The molecule has 1 aromatic carbocycles. The van der Waals surface area contributed by atoms with E-state index in [4.69, 9.17) is 16.3 Å². The lowest BCUT2D eigenvalue weighted by atomic mass is 9.94. The van der Waals surface area contributed by atoms with Crippen molar-refractivity contribution in [1.82, 2.24) is 0 Å². The van der Waals surface area contributed by atoms with Crippen LogP contribution in [0.5, 0.6) is 5.75 Å². The van der Waals surface area contributed by atoms with Gasteiger partial charge in [0.15, 0.2) is 5.78 Å². The summed E-state index contributed by atoms with van der Waals surface area (Å²) in [5.41, 5.74) is 2.83. The highest BCUT2D eigenvalue weighted by atomic mass is 35.5. The second-order valence-corrected chi connectivity index (χ2v) is 6.89. The lowest BCUT2D eigenvalue weighted by Crippen LogP contribution is -2.15. The molecular weight excluding hydrogens is 370 g/mol. The summed E-state index contributed by atoms with van der Waals surface area (Å²) in [6.45, 7) is 4.38. The SMILES string of the molecule is C/C=C\C/C(=C\CC)C1C=CC=C(C(=O)CNc2ccc(Cl)c(OC)c2)C=C1. The van der Waals surface area contributed by atoms with E-state index >= 15 is 0 Å². The topological polar surface area (TPSA) is 38.3 Å². The first-order valence-electron chi connectivity index (χ1n) is 9.56. The Morgan fingerprint density at radius 2 is 2.14 bits per heavy atom. The van der Waals surface area contributed by atoms with E-state index in [2.05, 4.69) is 42.6 Å². The number of anilines is 1. The Hall–Kier alpha value is -2.52. The molecule has 0 amide bonds. The van der Waals surface area contributed by atoms with Gasteiger partial charge in [-0.05, 0) is 31.9 Å². The van der Waals surface area contributed by atoms with Gasteiger partial charge in [0.2, 0.25) is 0 Å². The largest absolute Gasteiger partial charge is 0.495 e. The van der Waals surface area contributed by atoms with Crippen molar-refractivity contribution in [2.24, 2.45) is 5.92 Å². The third-order valence-corrected chi connectivity index (χ3v) is 4.80. The highest BCUT2D eigenvalue weighted by molar-refractivity contribution is 6.32. The second kappa shape index (κ2) is 11.4. The molecule has 4 heteroatoms. The maximum Gasteiger partial charge on any atom is 0.181 e. The number of carbonyl (C=O) groups is 1. The number of allylic oxidation sites excluding steroid dienone is 9. The van der Waals surface area contributed by atoms with Crippen LogP contribution in [0.1, 0.15) is 26.7 Å². The molecule has 148 valence electrons. The molecule has 3 nitrogen and oxygen atoms in total. The molecule has 28 heavy (non-hydrogen) atoms. The molecule has 0 saturated heterocycles. The first-order valence-corrected chi connectivity index (χ1v) is 9.94. The summed E-state index contributed by atoms with van der Waals surface area (Å²) in [6.07, 6.45) is 18.4. The molecule has 0 aromatic heterocycles. The standard InChI is InChI=1S/C24H28ClNO2/c1-4-6-9-18(8-5-2)19-10-7-11-20(13-12-19)23(27)17-26-21-14-15-22(25)24(16-21)28-3/h4,6-8,10-16,19,26H,5,9,17H2,1-3H3/b6-4-,18-8+. The Balaban J connectivity index is 2.02. The Morgan fingerprint density at radius 1 is 1.32 bits per heavy atom. The number of hydrogen-bond donors (Lipinski definition) is 1. The van der Waals surface area contributed by atoms with E-state index in [1.165, 1.54) is 5.57 Å². The number of hydrogen-bond acceptors (Lipinski definition) is 3. The maximum atomic E-state index is 12.6. The fourth-order valence-electron chi connectivity index (χ4n) is 2.96. The third kappa shape index (κ3) is 6.28. The smallest absolute Gasteiger partial charge is 0.181 e. The Morgan fingerprint density at radius 3 is 2.86 bits per heavy atom. The molecule has 0 fully saturated rings. The van der Waals surface area contributed by atoms with Crippen molar-refractivity contribution >= 4 is 23.1 Å². The number of Topliss-reactive ketones (excluding diaryl/α,β-unsaturated/α-hetero) is 1. The van der Waals surface area contributed by atoms with Crippen molar-refractivity contribution < 1.29 is 9.53 Å². The molecular formula is C24H28ClNO2. The van der Waals surface area contributed by atoms with E-state index in [1.54, 1.807) is 19.2 Å². The van der Waals surface area contributed by atoms with Crippen LogP contribution in [-0.4, -0.2) is 19.4 Å². The first kappa shape index (κ1) is 21.8. The van der Waals surface area contributed by atoms with Crippen LogP contribution < -0.4 is 10.1 Å². The number of nitrogens with one attached hydrogen (secondary N) is 1. The summed E-state index contributed by atoms with van der Waals surface area (Å²) in [4.78, 5) is 12.6. The third-order valence-electron chi connectivity index (χ3n) is 4.49. The van der Waals surface area contributed by atoms with Crippen LogP contribution in [0.15, 0.2) is 78.0 Å². The minimum absolute atomic E-state index is 0.0324. The molecule has 1 aliphatic carbocycles. The molecule has 0 aliphatic heterocycles. The van der Waals surface area contributed by atoms with Gasteiger partial charge in [-0.25, -0.2) is 0 Å². The Bertz CT molecular complexity index is 831. The number of benzene rings is 1. The minimum atomic E-state index is 0.0324. The molecule has 1 N–H and O–H groups in total. The Kier molecular flexibility index (Phi) is 8.83. The van der Waals surface area contributed by atoms with E-state index in [0.29, 0.717) is 16.3 Å². The number of rotatable bonds is 9. The van der Waals surface area contributed by atoms with Crippen LogP contribution in [0, 0.1) is 5.92 Å². The minimum Gasteiger partial charge on any atom is -0.495 e. The van der Waals surface area contributed by atoms with Gasteiger partial charge in [0.05, 0.1) is 18.7 Å². The second-order valence-electron chi connectivity index (χ2n) is 6.48. The zero-order chi connectivity index (χ0) is 20.4. The molecule has 0 heterocycles. The molecule has 1 aromatic rings. The van der Waals surface area contributed by atoms with Crippen molar-refractivity contribution in [2.45, 2.75) is 26.7 Å². The monoisotopic (exact) mass is 397 g/mol. The van der Waals surface area contributed by atoms with Crippen molar-refractivity contribution in [1.29, 1.82) is 0 Å². The van der Waals surface area contributed by atoms with Gasteiger partial charge in [0.1, 0.15) is 5.75 Å². The van der Waals surface area contributed by atoms with Crippen LogP contribution >= 0.6 is 11.6 Å². The number of carbonyl (C=O) groups excluding carboxylic acids is 1. The Labute approximate surface area is 173 Å². The van der Waals surface area contributed by atoms with Gasteiger partial charge in [-0.2, -0.15) is 0 Å². The van der Waals surface area contributed by atoms with Gasteiger partial charge in [-0.1, -0.05) is 72.7 Å². The van der Waals surface area contributed by atoms with E-state index in [9.17, 15) is 4.79 Å². The van der Waals surface area contributed by atoms with Crippen molar-refractivity contribution in [3.8, 4) is 5.75 Å². The van der Waals surface area contributed by atoms with Gasteiger partial charge < -0.3 is 10.1 Å². The first-order chi connectivity index (χ1) is 13.6. The average Bonchev–Trinajstić information content (AvgIpc) is 2.96. The number of halogens is 1. The van der Waals surface area contributed by atoms with E-state index < -0.39 is 0 Å². The zero-order valence-electron chi connectivity index (χ0n) is 16.7. The molecule has 1 atom stereocenters. The van der Waals surface area contributed by atoms with Gasteiger partial charge in [0.25, 0.3) is 0 Å². The molecule has 0 spiro atoms. The van der Waals surface area contributed by atoms with Crippen molar-refractivity contribution in [2.75, 3.05) is 19.0 Å². The molecule has 1 aliphatic rings. The normalized spacial score (nSPS) is 16.8. The lowest BCUT2D eigenvalue weighted by Gasteiger charge is -2.11. The summed E-state index contributed by atoms with van der Waals surface area (Å²) in [6, 6.07) is 5.36. The average molecular weight is 398 g/mol. The summed E-state index contributed by atoms with van der Waals surface area (Å²) < 4.78 is 5.21. The predicted molar refractivity (Wildman–Crippen MR) is 119 cm³/mol. The quantitative estimate of drug-likeness (QED) is 0.497. The van der Waals surface area contributed by atoms with Gasteiger partial charge in [-0.3, -0.25) is 4.79 Å². The number of ether oxygens (including phenoxy) is 1. The van der Waals surface area contributed by atoms with Crippen LogP contribution in [0.4, 0.5) is 5.69 Å². The summed E-state index contributed by atoms with van der Waals surface area (Å²) >= 11 is 6.04. The highest BCUT2D eigenvalue weighted by Crippen LogP contribution is 2.27. The van der Waals surface area contributed by atoms with Crippen molar-refractivity contribution in [3.63, 3.8) is 0 Å². The van der Waals surface area contributed by atoms with E-state index in [1.807, 2.05) is 31.2 Å². The summed E-state index contributed by atoms with van der Waals surface area (Å²) in [7, 11) is 1.57. The fraction of sp³-hybridized carbons (Fsp3) is 0.292. The molecule has 1 unspecified atom stereocenters. The summed E-state index contributed by atoms with van der Waals surface area (Å²) in [5, 5.41) is 3.68. The predicted octanol–water partition coefficient (Wildman–Crippen LogP) is 6.30. The van der Waals surface area contributed by atoms with Crippen molar-refractivity contribution in [3.05, 3.63) is 83.0 Å². The van der Waals surface area contributed by atoms with Crippen LogP contribution in [0.2, 0.25) is 5.02 Å². The maximum absolute atomic E-state index is 12.6. The highest BCUT2D eigenvalue weighted by Gasteiger charge is 2.12. The van der Waals surface area contributed by atoms with Gasteiger partial charge in [-0.15, -0.1) is 0 Å². The van der Waals surface area contributed by atoms with Gasteiger partial charge in [0, 0.05) is 23.2 Å². The van der Waals surface area contributed by atoms with Crippen LogP contribution in [0.3, 0.4) is 0 Å². The van der Waals surface area contributed by atoms with E-state index in [0.717, 1.165) is 18.5 Å².